The maximum absolute atomic E-state index is 13.4. The Morgan fingerprint density at radius 2 is 2.19 bits per heavy atom. The molecule has 0 unspecified atom stereocenters. The molecule has 1 aliphatic heterocycles. The van der Waals surface area contributed by atoms with E-state index in [4.69, 9.17) is 0 Å². The molecule has 2 N–H and O–H groups in total. The molecule has 0 saturated carbocycles. The van der Waals surface area contributed by atoms with Crippen LogP contribution in [0.3, 0.4) is 0 Å². The summed E-state index contributed by atoms with van der Waals surface area (Å²) in [5.41, 5.74) is 6.33. The number of benzene rings is 1. The van der Waals surface area contributed by atoms with Crippen LogP contribution in [0, 0.1) is 6.92 Å². The third kappa shape index (κ3) is 3.42. The number of H-pyrrole nitrogens is 1. The van der Waals surface area contributed by atoms with Crippen molar-refractivity contribution in [3.8, 4) is 0 Å². The minimum atomic E-state index is -3.75. The van der Waals surface area contributed by atoms with E-state index in [-0.39, 0.29) is 17.3 Å². The highest BCUT2D eigenvalue weighted by atomic mass is 32.2. The van der Waals surface area contributed by atoms with Crippen molar-refractivity contribution in [1.82, 2.24) is 29.4 Å². The highest BCUT2D eigenvalue weighted by molar-refractivity contribution is 7.89. The molecule has 4 aromatic rings. The summed E-state index contributed by atoms with van der Waals surface area (Å²) in [5, 5.41) is 9.84. The van der Waals surface area contributed by atoms with Crippen molar-refractivity contribution in [2.75, 3.05) is 6.54 Å². The van der Waals surface area contributed by atoms with Crippen LogP contribution in [0.4, 0.5) is 0 Å². The topological polar surface area (TPSA) is 113 Å². The first-order chi connectivity index (χ1) is 15.4. The number of nitrogens with one attached hydrogen (secondary N) is 2. The lowest BCUT2D eigenvalue weighted by molar-refractivity contribution is 0.0942. The van der Waals surface area contributed by atoms with Gasteiger partial charge in [0.1, 0.15) is 10.6 Å². The number of aromatic nitrogens is 4. The molecule has 5 rings (SSSR count). The number of rotatable bonds is 5. The van der Waals surface area contributed by atoms with Gasteiger partial charge in [-0.05, 0) is 24.6 Å². The minimum Gasteiger partial charge on any atom is -0.347 e. The van der Waals surface area contributed by atoms with Gasteiger partial charge in [0.15, 0.2) is 0 Å². The van der Waals surface area contributed by atoms with Crippen molar-refractivity contribution in [2.24, 2.45) is 7.05 Å². The molecule has 1 aromatic carbocycles. The van der Waals surface area contributed by atoms with Gasteiger partial charge in [0.2, 0.25) is 10.0 Å². The van der Waals surface area contributed by atoms with Crippen LogP contribution >= 0.6 is 11.3 Å². The maximum atomic E-state index is 13.4. The summed E-state index contributed by atoms with van der Waals surface area (Å²) in [4.78, 5) is 17.4. The van der Waals surface area contributed by atoms with Gasteiger partial charge in [0, 0.05) is 50.1 Å². The summed E-state index contributed by atoms with van der Waals surface area (Å²) in [6.45, 7) is 2.68. The number of sulfonamides is 1. The Balaban J connectivity index is 1.38. The number of aromatic amines is 1. The Hall–Kier alpha value is -3.02. The highest BCUT2D eigenvalue weighted by Crippen LogP contribution is 2.28. The molecule has 4 heterocycles. The maximum Gasteiger partial charge on any atom is 0.268 e. The van der Waals surface area contributed by atoms with Gasteiger partial charge >= 0.3 is 0 Å². The van der Waals surface area contributed by atoms with Crippen LogP contribution in [0.1, 0.15) is 33.0 Å². The van der Waals surface area contributed by atoms with Gasteiger partial charge in [0.25, 0.3) is 5.91 Å². The van der Waals surface area contributed by atoms with E-state index >= 15 is 0 Å². The van der Waals surface area contributed by atoms with Gasteiger partial charge in [0.05, 0.1) is 21.9 Å². The summed E-state index contributed by atoms with van der Waals surface area (Å²) < 4.78 is 30.8. The van der Waals surface area contributed by atoms with Gasteiger partial charge in [-0.25, -0.2) is 13.4 Å². The Morgan fingerprint density at radius 1 is 1.34 bits per heavy atom. The molecule has 32 heavy (non-hydrogen) atoms. The van der Waals surface area contributed by atoms with E-state index in [1.54, 1.807) is 30.2 Å². The number of hydrogen-bond acceptors (Lipinski definition) is 6. The Labute approximate surface area is 189 Å². The standard InChI is InChI=1S/C21H22N6O3S2/c1-13-19(32(29,30)27-7-6-16-15(11-27)10-24-25-16)8-18(26(13)2)21(28)22-9-14-4-3-5-17-20(14)31-12-23-17/h3-5,8,10,12H,6-7,9,11H2,1-2H3,(H,22,28)(H,24,25). The zero-order valence-corrected chi connectivity index (χ0v) is 19.3. The summed E-state index contributed by atoms with van der Waals surface area (Å²) >= 11 is 1.53. The monoisotopic (exact) mass is 470 g/mol. The lowest BCUT2D eigenvalue weighted by Crippen LogP contribution is -2.35. The molecule has 11 heteroatoms. The van der Waals surface area contributed by atoms with Crippen LogP contribution in [-0.2, 0) is 36.6 Å². The van der Waals surface area contributed by atoms with Gasteiger partial charge in [-0.15, -0.1) is 11.3 Å². The molecule has 0 saturated heterocycles. The normalized spacial score (nSPS) is 14.6. The van der Waals surface area contributed by atoms with Crippen LogP contribution in [0.15, 0.2) is 40.9 Å². The minimum absolute atomic E-state index is 0.154. The van der Waals surface area contributed by atoms with E-state index in [2.05, 4.69) is 20.5 Å². The Kier molecular flexibility index (Phi) is 5.11. The van der Waals surface area contributed by atoms with E-state index in [9.17, 15) is 13.2 Å². The van der Waals surface area contributed by atoms with Gasteiger partial charge in [-0.3, -0.25) is 9.89 Å². The van der Waals surface area contributed by atoms with Crippen molar-refractivity contribution in [1.29, 1.82) is 0 Å². The smallest absolute Gasteiger partial charge is 0.268 e. The number of nitrogens with zero attached hydrogens (tertiary/aromatic N) is 4. The molecule has 0 atom stereocenters. The predicted molar refractivity (Wildman–Crippen MR) is 121 cm³/mol. The second-order valence-electron chi connectivity index (χ2n) is 7.80. The lowest BCUT2D eigenvalue weighted by Gasteiger charge is -2.25. The van der Waals surface area contributed by atoms with Crippen LogP contribution < -0.4 is 5.32 Å². The van der Waals surface area contributed by atoms with Crippen molar-refractivity contribution in [3.63, 3.8) is 0 Å². The van der Waals surface area contributed by atoms with Crippen molar-refractivity contribution >= 4 is 37.5 Å². The van der Waals surface area contributed by atoms with Gasteiger partial charge in [-0.2, -0.15) is 9.40 Å². The number of thiazole rings is 1. The highest BCUT2D eigenvalue weighted by Gasteiger charge is 2.32. The van der Waals surface area contributed by atoms with Crippen LogP contribution in [0.2, 0.25) is 0 Å². The second kappa shape index (κ2) is 7.84. The van der Waals surface area contributed by atoms with Crippen molar-refractivity contribution in [3.05, 3.63) is 64.2 Å². The first-order valence-corrected chi connectivity index (χ1v) is 12.4. The molecule has 3 aromatic heterocycles. The summed E-state index contributed by atoms with van der Waals surface area (Å²) in [5.74, 6) is -0.325. The number of fused-ring (bicyclic) bond motifs is 2. The van der Waals surface area contributed by atoms with E-state index in [0.717, 1.165) is 27.0 Å². The second-order valence-corrected chi connectivity index (χ2v) is 10.6. The Morgan fingerprint density at radius 3 is 3.03 bits per heavy atom. The van der Waals surface area contributed by atoms with Crippen LogP contribution in [-0.4, -0.2) is 44.9 Å². The number of hydrogen-bond donors (Lipinski definition) is 2. The third-order valence-corrected chi connectivity index (χ3v) is 8.86. The van der Waals surface area contributed by atoms with E-state index in [1.807, 2.05) is 18.2 Å². The van der Waals surface area contributed by atoms with E-state index in [1.165, 1.54) is 21.7 Å². The average molecular weight is 471 g/mol. The van der Waals surface area contributed by atoms with Crippen molar-refractivity contribution in [2.45, 2.75) is 31.3 Å². The lowest BCUT2D eigenvalue weighted by atomic mass is 10.1. The zero-order chi connectivity index (χ0) is 22.5. The largest absolute Gasteiger partial charge is 0.347 e. The first kappa shape index (κ1) is 20.9. The SMILES string of the molecule is Cc1c(S(=O)(=O)N2CCc3[nH]ncc3C2)cc(C(=O)NCc2cccc3ncsc23)n1C. The molecule has 0 bridgehead atoms. The molecule has 1 amide bonds. The summed E-state index contributed by atoms with van der Waals surface area (Å²) in [6.07, 6.45) is 2.24. The summed E-state index contributed by atoms with van der Waals surface area (Å²) in [6, 6.07) is 7.26. The number of carbonyl (C=O) groups is 1. The molecule has 166 valence electrons. The Bertz CT molecular complexity index is 1430. The van der Waals surface area contributed by atoms with Gasteiger partial charge < -0.3 is 9.88 Å². The number of carbonyl (C=O) groups excluding carboxylic acids is 1. The van der Waals surface area contributed by atoms with Crippen LogP contribution in [0.5, 0.6) is 0 Å². The van der Waals surface area contributed by atoms with E-state index in [0.29, 0.717) is 30.9 Å². The summed E-state index contributed by atoms with van der Waals surface area (Å²) in [7, 11) is -2.05. The zero-order valence-electron chi connectivity index (χ0n) is 17.6. The fourth-order valence-corrected chi connectivity index (χ4v) is 6.54. The fraction of sp³-hybridized carbons (Fsp3) is 0.286. The average Bonchev–Trinajstić information content (AvgIpc) is 3.51. The van der Waals surface area contributed by atoms with Gasteiger partial charge in [-0.1, -0.05) is 12.1 Å². The van der Waals surface area contributed by atoms with Crippen molar-refractivity contribution < 1.29 is 13.2 Å². The molecular weight excluding hydrogens is 448 g/mol. The van der Waals surface area contributed by atoms with E-state index < -0.39 is 10.0 Å². The molecule has 0 radical (unpaired) electrons. The third-order valence-electron chi connectivity index (χ3n) is 5.98. The fourth-order valence-electron chi connectivity index (χ4n) is 4.04. The predicted octanol–water partition coefficient (Wildman–Crippen LogP) is 2.34. The first-order valence-electron chi connectivity index (χ1n) is 10.1. The number of amides is 1. The van der Waals surface area contributed by atoms with Crippen LogP contribution in [0.25, 0.3) is 10.2 Å². The molecule has 0 aliphatic carbocycles. The molecule has 9 nitrogen and oxygen atoms in total. The quantitative estimate of drug-likeness (QED) is 0.465. The molecule has 0 fully saturated rings. The molecule has 1 aliphatic rings. The molecular formula is C21H22N6O3S2. The molecule has 0 spiro atoms.